The van der Waals surface area contributed by atoms with Gasteiger partial charge in [0.05, 0.1) is 11.9 Å². The molecule has 8 heteroatoms. The number of nitrogens with zero attached hydrogens (tertiary/aromatic N) is 2. The number of esters is 1. The normalized spacial score (nSPS) is 11.9. The summed E-state index contributed by atoms with van der Waals surface area (Å²) in [5.41, 5.74) is 10.8. The number of carbonyl (C=O) groups excluding carboxylic acids is 2. The van der Waals surface area contributed by atoms with Gasteiger partial charge in [-0.2, -0.15) is 0 Å². The number of rotatable bonds is 5. The Bertz CT molecular complexity index is 466. The third kappa shape index (κ3) is 3.59. The molecule has 0 radical (unpaired) electrons. The van der Waals surface area contributed by atoms with Crippen LogP contribution in [-0.4, -0.2) is 33.7 Å². The molecular formula is C10H14N4O3S. The molecular weight excluding hydrogens is 256 g/mol. The number of nitrogens with two attached hydrogens (primary N) is 2. The van der Waals surface area contributed by atoms with Crippen LogP contribution in [0, 0.1) is 0 Å². The fourth-order valence-corrected chi connectivity index (χ4v) is 1.71. The topological polar surface area (TPSA) is 121 Å². The van der Waals surface area contributed by atoms with Crippen molar-refractivity contribution in [2.75, 3.05) is 12.3 Å². The van der Waals surface area contributed by atoms with Gasteiger partial charge >= 0.3 is 5.97 Å². The Morgan fingerprint density at radius 1 is 1.56 bits per heavy atom. The predicted octanol–water partition coefficient (Wildman–Crippen LogP) is 0.201. The van der Waals surface area contributed by atoms with Crippen LogP contribution in [0.1, 0.15) is 24.2 Å². The molecule has 0 unspecified atom stereocenters. The SMILES string of the molecule is CCOC(=O)c1cnc(S[C@H](C)C(N)=O)nc1N. The van der Waals surface area contributed by atoms with Crippen LogP contribution in [0.2, 0.25) is 0 Å². The molecule has 7 nitrogen and oxygen atoms in total. The lowest BCUT2D eigenvalue weighted by Crippen LogP contribution is -2.23. The van der Waals surface area contributed by atoms with Crippen molar-refractivity contribution in [2.45, 2.75) is 24.3 Å². The maximum absolute atomic E-state index is 11.4. The predicted molar refractivity (Wildman–Crippen MR) is 66.9 cm³/mol. The van der Waals surface area contributed by atoms with Crippen molar-refractivity contribution in [1.29, 1.82) is 0 Å². The molecule has 1 aromatic heterocycles. The average molecular weight is 270 g/mol. The van der Waals surface area contributed by atoms with Gasteiger partial charge in [-0.3, -0.25) is 4.79 Å². The summed E-state index contributed by atoms with van der Waals surface area (Å²) in [7, 11) is 0. The first kappa shape index (κ1) is 14.2. The maximum Gasteiger partial charge on any atom is 0.343 e. The van der Waals surface area contributed by atoms with Crippen LogP contribution in [0.25, 0.3) is 0 Å². The molecule has 0 spiro atoms. The summed E-state index contributed by atoms with van der Waals surface area (Å²) in [6.07, 6.45) is 1.27. The zero-order valence-electron chi connectivity index (χ0n) is 10.0. The van der Waals surface area contributed by atoms with Crippen LogP contribution in [0.15, 0.2) is 11.4 Å². The smallest absolute Gasteiger partial charge is 0.343 e. The molecule has 1 atom stereocenters. The fourth-order valence-electron chi connectivity index (χ4n) is 1.02. The molecule has 0 bridgehead atoms. The first-order valence-corrected chi connectivity index (χ1v) is 6.09. The monoisotopic (exact) mass is 270 g/mol. The van der Waals surface area contributed by atoms with Gasteiger partial charge < -0.3 is 16.2 Å². The Hall–Kier alpha value is -1.83. The van der Waals surface area contributed by atoms with E-state index in [4.69, 9.17) is 16.2 Å². The van der Waals surface area contributed by atoms with Gasteiger partial charge in [0, 0.05) is 6.20 Å². The minimum atomic E-state index is -0.575. The van der Waals surface area contributed by atoms with E-state index in [0.29, 0.717) is 0 Å². The van der Waals surface area contributed by atoms with Crippen molar-refractivity contribution < 1.29 is 14.3 Å². The number of primary amides is 1. The number of anilines is 1. The van der Waals surface area contributed by atoms with Gasteiger partial charge in [-0.05, 0) is 13.8 Å². The molecule has 0 aliphatic heterocycles. The molecule has 0 aliphatic rings. The van der Waals surface area contributed by atoms with Gasteiger partial charge in [0.2, 0.25) is 5.91 Å². The Morgan fingerprint density at radius 2 is 2.22 bits per heavy atom. The highest BCUT2D eigenvalue weighted by molar-refractivity contribution is 8.00. The second-order valence-electron chi connectivity index (χ2n) is 3.33. The minimum absolute atomic E-state index is 0.0163. The van der Waals surface area contributed by atoms with Gasteiger partial charge in [0.1, 0.15) is 11.4 Å². The van der Waals surface area contributed by atoms with E-state index in [1.54, 1.807) is 13.8 Å². The molecule has 98 valence electrons. The number of thioether (sulfide) groups is 1. The molecule has 1 heterocycles. The van der Waals surface area contributed by atoms with E-state index < -0.39 is 17.1 Å². The first-order chi connectivity index (χ1) is 8.45. The lowest BCUT2D eigenvalue weighted by molar-refractivity contribution is -0.117. The zero-order chi connectivity index (χ0) is 13.7. The van der Waals surface area contributed by atoms with E-state index in [1.807, 2.05) is 0 Å². The summed E-state index contributed by atoms with van der Waals surface area (Å²) in [5, 5.41) is -0.190. The number of ether oxygens (including phenoxy) is 1. The Labute approximate surface area is 108 Å². The second-order valence-corrected chi connectivity index (χ2v) is 4.64. The molecule has 1 rings (SSSR count). The largest absolute Gasteiger partial charge is 0.462 e. The Morgan fingerprint density at radius 3 is 2.72 bits per heavy atom. The third-order valence-electron chi connectivity index (χ3n) is 1.97. The van der Waals surface area contributed by atoms with Crippen molar-refractivity contribution in [3.05, 3.63) is 11.8 Å². The highest BCUT2D eigenvalue weighted by Crippen LogP contribution is 2.21. The molecule has 0 saturated carbocycles. The van der Waals surface area contributed by atoms with Crippen LogP contribution in [0.4, 0.5) is 5.82 Å². The lowest BCUT2D eigenvalue weighted by Gasteiger charge is -2.08. The number of hydrogen-bond donors (Lipinski definition) is 2. The number of hydrogen-bond acceptors (Lipinski definition) is 7. The number of aromatic nitrogens is 2. The van der Waals surface area contributed by atoms with Crippen LogP contribution in [0.5, 0.6) is 0 Å². The van der Waals surface area contributed by atoms with E-state index in [1.165, 1.54) is 6.20 Å². The molecule has 4 N–H and O–H groups in total. The van der Waals surface area contributed by atoms with E-state index in [-0.39, 0.29) is 23.1 Å². The number of nitrogen functional groups attached to an aromatic ring is 1. The quantitative estimate of drug-likeness (QED) is 0.445. The van der Waals surface area contributed by atoms with Crippen molar-refractivity contribution in [2.24, 2.45) is 5.73 Å². The van der Waals surface area contributed by atoms with Gasteiger partial charge in [-0.1, -0.05) is 11.8 Å². The maximum atomic E-state index is 11.4. The number of amides is 1. The van der Waals surface area contributed by atoms with E-state index in [2.05, 4.69) is 9.97 Å². The summed E-state index contributed by atoms with van der Waals surface area (Å²) in [4.78, 5) is 30.2. The summed E-state index contributed by atoms with van der Waals surface area (Å²) in [6.45, 7) is 3.56. The van der Waals surface area contributed by atoms with E-state index in [0.717, 1.165) is 11.8 Å². The first-order valence-electron chi connectivity index (χ1n) is 5.21. The van der Waals surface area contributed by atoms with E-state index >= 15 is 0 Å². The molecule has 0 aromatic carbocycles. The molecule has 1 amide bonds. The summed E-state index contributed by atoms with van der Waals surface area (Å²) in [5.74, 6) is -1.03. The third-order valence-corrected chi connectivity index (χ3v) is 2.97. The zero-order valence-corrected chi connectivity index (χ0v) is 10.9. The molecule has 0 aliphatic carbocycles. The van der Waals surface area contributed by atoms with Crippen LogP contribution in [-0.2, 0) is 9.53 Å². The minimum Gasteiger partial charge on any atom is -0.462 e. The van der Waals surface area contributed by atoms with Crippen molar-refractivity contribution >= 4 is 29.5 Å². The van der Waals surface area contributed by atoms with Gasteiger partial charge in [0.15, 0.2) is 5.16 Å². The highest BCUT2D eigenvalue weighted by Gasteiger charge is 2.16. The molecule has 18 heavy (non-hydrogen) atoms. The standard InChI is InChI=1S/C10H14N4O3S/c1-3-17-9(16)6-4-13-10(14-7(6)11)18-5(2)8(12)15/h4-5H,3H2,1-2H3,(H2,12,15)(H2,11,13,14)/t5-/m1/s1. The summed E-state index contributed by atoms with van der Waals surface area (Å²) < 4.78 is 4.79. The Balaban J connectivity index is 2.85. The van der Waals surface area contributed by atoms with Gasteiger partial charge in [0.25, 0.3) is 0 Å². The van der Waals surface area contributed by atoms with Crippen LogP contribution in [0.3, 0.4) is 0 Å². The average Bonchev–Trinajstić information content (AvgIpc) is 2.29. The van der Waals surface area contributed by atoms with Crippen molar-refractivity contribution in [3.8, 4) is 0 Å². The lowest BCUT2D eigenvalue weighted by atomic mass is 10.3. The Kier molecular flexibility index (Phi) is 4.90. The van der Waals surface area contributed by atoms with Crippen LogP contribution < -0.4 is 11.5 Å². The molecule has 0 fully saturated rings. The van der Waals surface area contributed by atoms with E-state index in [9.17, 15) is 9.59 Å². The van der Waals surface area contributed by atoms with Crippen molar-refractivity contribution in [1.82, 2.24) is 9.97 Å². The molecule has 1 aromatic rings. The van der Waals surface area contributed by atoms with Crippen molar-refractivity contribution in [3.63, 3.8) is 0 Å². The van der Waals surface area contributed by atoms with Gasteiger partial charge in [-0.15, -0.1) is 0 Å². The summed E-state index contributed by atoms with van der Waals surface area (Å²) >= 11 is 1.07. The molecule has 0 saturated heterocycles. The fraction of sp³-hybridized carbons (Fsp3) is 0.400. The highest BCUT2D eigenvalue weighted by atomic mass is 32.2. The second kappa shape index (κ2) is 6.20. The summed E-state index contributed by atoms with van der Waals surface area (Å²) in [6, 6.07) is 0. The van der Waals surface area contributed by atoms with Crippen LogP contribution >= 0.6 is 11.8 Å². The van der Waals surface area contributed by atoms with Gasteiger partial charge in [-0.25, -0.2) is 14.8 Å². The number of carbonyl (C=O) groups is 2.